The van der Waals surface area contributed by atoms with Crippen molar-refractivity contribution in [1.82, 2.24) is 10.6 Å². The Bertz CT molecular complexity index is 268. The fourth-order valence-electron chi connectivity index (χ4n) is 1.19. The van der Waals surface area contributed by atoms with Crippen LogP contribution in [0, 0.1) is 0 Å². The van der Waals surface area contributed by atoms with Gasteiger partial charge in [-0.3, -0.25) is 9.79 Å². The molecule has 0 bridgehead atoms. The number of hydrogen-bond donors (Lipinski definition) is 2. The van der Waals surface area contributed by atoms with Crippen LogP contribution in [-0.4, -0.2) is 36.7 Å². The molecule has 1 unspecified atom stereocenters. The predicted octanol–water partition coefficient (Wildman–Crippen LogP) is 0.265. The molecule has 2 N–H and O–H groups in total. The van der Waals surface area contributed by atoms with Gasteiger partial charge in [0.1, 0.15) is 12.1 Å². The van der Waals surface area contributed by atoms with E-state index < -0.39 is 5.60 Å². The maximum atomic E-state index is 11.3. The molecule has 0 aromatic heterocycles. The summed E-state index contributed by atoms with van der Waals surface area (Å²) in [7, 11) is 0. The number of esters is 1. The molecule has 0 spiro atoms. The molecule has 5 heteroatoms. The summed E-state index contributed by atoms with van der Waals surface area (Å²) in [5.41, 5.74) is -0.434. The van der Waals surface area contributed by atoms with Crippen LogP contribution in [0.2, 0.25) is 0 Å². The molecule has 0 fully saturated rings. The van der Waals surface area contributed by atoms with Crippen molar-refractivity contribution in [3.8, 4) is 0 Å². The highest BCUT2D eigenvalue weighted by Gasteiger charge is 2.17. The Hall–Kier alpha value is -1.26. The first kappa shape index (κ1) is 11.8. The third-order valence-corrected chi connectivity index (χ3v) is 1.73. The zero-order chi connectivity index (χ0) is 11.5. The smallest absolute Gasteiger partial charge is 0.325 e. The number of guanidine groups is 1. The number of ether oxygens (including phenoxy) is 1. The van der Waals surface area contributed by atoms with Gasteiger partial charge in [0, 0.05) is 6.04 Å². The number of aliphatic imine (C=N–C) groups is 1. The number of carbonyl (C=O) groups is 1. The molecule has 0 saturated carbocycles. The third kappa shape index (κ3) is 4.67. The van der Waals surface area contributed by atoms with Crippen molar-refractivity contribution in [2.24, 2.45) is 4.99 Å². The molecule has 1 heterocycles. The largest absolute Gasteiger partial charge is 0.459 e. The highest BCUT2D eigenvalue weighted by atomic mass is 16.6. The van der Waals surface area contributed by atoms with E-state index in [4.69, 9.17) is 4.74 Å². The number of carbonyl (C=O) groups excluding carboxylic acids is 1. The number of hydrogen-bond acceptors (Lipinski definition) is 5. The van der Waals surface area contributed by atoms with Gasteiger partial charge in [0.15, 0.2) is 5.96 Å². The lowest BCUT2D eigenvalue weighted by atomic mass is 10.2. The second-order valence-corrected chi connectivity index (χ2v) is 4.67. The molecule has 0 aromatic rings. The van der Waals surface area contributed by atoms with Crippen molar-refractivity contribution in [3.63, 3.8) is 0 Å². The van der Waals surface area contributed by atoms with E-state index in [0.717, 1.165) is 6.54 Å². The zero-order valence-corrected chi connectivity index (χ0v) is 9.76. The Kier molecular flexibility index (Phi) is 3.55. The van der Waals surface area contributed by atoms with Gasteiger partial charge in [0.2, 0.25) is 0 Å². The molecule has 86 valence electrons. The second kappa shape index (κ2) is 4.51. The zero-order valence-electron chi connectivity index (χ0n) is 9.76. The van der Waals surface area contributed by atoms with Crippen LogP contribution < -0.4 is 10.6 Å². The monoisotopic (exact) mass is 213 g/mol. The van der Waals surface area contributed by atoms with Crippen LogP contribution in [0.1, 0.15) is 27.7 Å². The molecule has 0 saturated heterocycles. The summed E-state index contributed by atoms with van der Waals surface area (Å²) >= 11 is 0. The lowest BCUT2D eigenvalue weighted by Gasteiger charge is -2.19. The Balaban J connectivity index is 2.23. The lowest BCUT2D eigenvalue weighted by Crippen LogP contribution is -2.41. The maximum absolute atomic E-state index is 11.3. The average molecular weight is 213 g/mol. The van der Waals surface area contributed by atoms with Crippen LogP contribution >= 0.6 is 0 Å². The number of nitrogens with zero attached hydrogens (tertiary/aromatic N) is 1. The van der Waals surface area contributed by atoms with Gasteiger partial charge in [-0.15, -0.1) is 0 Å². The first-order chi connectivity index (χ1) is 6.87. The van der Waals surface area contributed by atoms with Crippen LogP contribution in [0.4, 0.5) is 0 Å². The first-order valence-electron chi connectivity index (χ1n) is 5.13. The first-order valence-corrected chi connectivity index (χ1v) is 5.13. The molecule has 0 aliphatic carbocycles. The topological polar surface area (TPSA) is 62.7 Å². The minimum Gasteiger partial charge on any atom is -0.459 e. The summed E-state index contributed by atoms with van der Waals surface area (Å²) in [4.78, 5) is 15.5. The Labute approximate surface area is 90.3 Å². The Morgan fingerprint density at radius 3 is 2.80 bits per heavy atom. The van der Waals surface area contributed by atoms with Gasteiger partial charge in [-0.2, -0.15) is 0 Å². The van der Waals surface area contributed by atoms with Gasteiger partial charge in [0.05, 0.1) is 6.54 Å². The van der Waals surface area contributed by atoms with Crippen molar-refractivity contribution in [1.29, 1.82) is 0 Å². The van der Waals surface area contributed by atoms with Gasteiger partial charge >= 0.3 is 5.97 Å². The van der Waals surface area contributed by atoms with E-state index in [9.17, 15) is 4.79 Å². The lowest BCUT2D eigenvalue weighted by molar-refractivity contribution is -0.153. The van der Waals surface area contributed by atoms with E-state index in [0.29, 0.717) is 12.0 Å². The van der Waals surface area contributed by atoms with Crippen molar-refractivity contribution in [2.45, 2.75) is 39.3 Å². The number of nitrogens with one attached hydrogen (secondary N) is 2. The SMILES string of the molecule is CC1CN=C(NCC(=O)OC(C)(C)C)N1. The van der Waals surface area contributed by atoms with Crippen LogP contribution in [0.25, 0.3) is 0 Å². The van der Waals surface area contributed by atoms with Crippen LogP contribution in [-0.2, 0) is 9.53 Å². The van der Waals surface area contributed by atoms with Crippen LogP contribution in [0.5, 0.6) is 0 Å². The quantitative estimate of drug-likeness (QED) is 0.646. The molecular formula is C10H19N3O2. The Morgan fingerprint density at radius 2 is 2.33 bits per heavy atom. The second-order valence-electron chi connectivity index (χ2n) is 4.67. The van der Waals surface area contributed by atoms with E-state index >= 15 is 0 Å². The molecule has 1 aliphatic rings. The summed E-state index contributed by atoms with van der Waals surface area (Å²) in [6, 6.07) is 0.339. The van der Waals surface area contributed by atoms with E-state index in [-0.39, 0.29) is 12.5 Å². The van der Waals surface area contributed by atoms with Crippen LogP contribution in [0.15, 0.2) is 4.99 Å². The Morgan fingerprint density at radius 1 is 1.67 bits per heavy atom. The number of rotatable bonds is 2. The van der Waals surface area contributed by atoms with Crippen molar-refractivity contribution < 1.29 is 9.53 Å². The molecule has 0 radical (unpaired) electrons. The molecule has 0 amide bonds. The third-order valence-electron chi connectivity index (χ3n) is 1.73. The molecule has 0 aromatic carbocycles. The van der Waals surface area contributed by atoms with Crippen LogP contribution in [0.3, 0.4) is 0 Å². The fraction of sp³-hybridized carbons (Fsp3) is 0.800. The highest BCUT2D eigenvalue weighted by molar-refractivity contribution is 5.85. The molecule has 1 rings (SSSR count). The summed E-state index contributed by atoms with van der Waals surface area (Å²) in [6.45, 7) is 8.47. The minimum absolute atomic E-state index is 0.149. The molecule has 15 heavy (non-hydrogen) atoms. The molecular weight excluding hydrogens is 194 g/mol. The summed E-state index contributed by atoms with van der Waals surface area (Å²) in [5.74, 6) is 0.403. The minimum atomic E-state index is -0.434. The molecule has 5 nitrogen and oxygen atoms in total. The van der Waals surface area contributed by atoms with Gasteiger partial charge in [-0.25, -0.2) is 0 Å². The summed E-state index contributed by atoms with van der Waals surface area (Å²) in [6.07, 6.45) is 0. The van der Waals surface area contributed by atoms with Gasteiger partial charge in [-0.1, -0.05) is 0 Å². The molecule has 1 atom stereocenters. The summed E-state index contributed by atoms with van der Waals surface area (Å²) in [5, 5.41) is 6.00. The van der Waals surface area contributed by atoms with Gasteiger partial charge in [-0.05, 0) is 27.7 Å². The highest BCUT2D eigenvalue weighted by Crippen LogP contribution is 2.06. The van der Waals surface area contributed by atoms with E-state index in [1.807, 2.05) is 27.7 Å². The standard InChI is InChI=1S/C10H19N3O2/c1-7-5-11-9(13-7)12-6-8(14)15-10(2,3)4/h7H,5-6H2,1-4H3,(H2,11,12,13). The van der Waals surface area contributed by atoms with Gasteiger partial charge in [0.25, 0.3) is 0 Å². The van der Waals surface area contributed by atoms with E-state index in [1.54, 1.807) is 0 Å². The normalized spacial score (nSPS) is 20.5. The fourth-order valence-corrected chi connectivity index (χ4v) is 1.19. The van der Waals surface area contributed by atoms with Crippen molar-refractivity contribution in [3.05, 3.63) is 0 Å². The molecule has 1 aliphatic heterocycles. The summed E-state index contributed by atoms with van der Waals surface area (Å²) < 4.78 is 5.14. The van der Waals surface area contributed by atoms with Crippen molar-refractivity contribution >= 4 is 11.9 Å². The van der Waals surface area contributed by atoms with E-state index in [2.05, 4.69) is 15.6 Å². The van der Waals surface area contributed by atoms with Crippen molar-refractivity contribution in [2.75, 3.05) is 13.1 Å². The maximum Gasteiger partial charge on any atom is 0.325 e. The average Bonchev–Trinajstić information content (AvgIpc) is 2.45. The van der Waals surface area contributed by atoms with E-state index in [1.165, 1.54) is 0 Å². The van der Waals surface area contributed by atoms with Gasteiger partial charge < -0.3 is 15.4 Å². The predicted molar refractivity (Wildman–Crippen MR) is 58.7 cm³/mol.